The van der Waals surface area contributed by atoms with Crippen LogP contribution < -0.4 is 5.56 Å². The van der Waals surface area contributed by atoms with E-state index in [1.165, 1.54) is 21.1 Å². The van der Waals surface area contributed by atoms with Crippen LogP contribution in [0.5, 0.6) is 0 Å². The van der Waals surface area contributed by atoms with Crippen LogP contribution in [0.3, 0.4) is 0 Å². The van der Waals surface area contributed by atoms with Crippen molar-refractivity contribution in [2.24, 2.45) is 7.05 Å². The second-order valence-electron chi connectivity index (χ2n) is 10.1. The molecule has 1 N–H and O–H groups in total. The first-order chi connectivity index (χ1) is 16.5. The van der Waals surface area contributed by atoms with E-state index < -0.39 is 12.6 Å². The second kappa shape index (κ2) is 10.0. The van der Waals surface area contributed by atoms with Crippen LogP contribution in [0.15, 0.2) is 29.2 Å². The van der Waals surface area contributed by atoms with Gasteiger partial charge in [-0.15, -0.1) is 0 Å². The van der Waals surface area contributed by atoms with Gasteiger partial charge in [-0.2, -0.15) is 13.2 Å². The van der Waals surface area contributed by atoms with Gasteiger partial charge in [-0.25, -0.2) is 0 Å². The maximum absolute atomic E-state index is 12.5. The van der Waals surface area contributed by atoms with Crippen LogP contribution in [0.4, 0.5) is 13.2 Å². The molecule has 1 aliphatic rings. The number of halogens is 4. The standard InChI is InChI=1S/C27H33ClF3N3O/c1-16(2)23-20-14-19(18-8-12-34(13-9-18)11-5-10-27(29,30)31)6-7-22(20)32-25(23)21-15-33(4)26(35)24(28)17(21)3/h6-7,14-16,18,32H,5,8-13H2,1-4H3. The highest BCUT2D eigenvalue weighted by Crippen LogP contribution is 2.39. The van der Waals surface area contributed by atoms with E-state index in [0.29, 0.717) is 12.5 Å². The lowest BCUT2D eigenvalue weighted by Crippen LogP contribution is -2.34. The van der Waals surface area contributed by atoms with Crippen LogP contribution >= 0.6 is 11.6 Å². The van der Waals surface area contributed by atoms with Crippen molar-refractivity contribution in [3.8, 4) is 11.3 Å². The third-order valence-corrected chi connectivity index (χ3v) is 7.71. The SMILES string of the molecule is Cc1c(-c2[nH]c3ccc(C4CCN(CCCC(F)(F)F)CC4)cc3c2C(C)C)cn(C)c(=O)c1Cl. The summed E-state index contributed by atoms with van der Waals surface area (Å²) in [5.74, 6) is 0.644. The number of nitrogens with one attached hydrogen (secondary N) is 1. The number of piperidine rings is 1. The molecule has 3 aromatic rings. The lowest BCUT2D eigenvalue weighted by molar-refractivity contribution is -0.136. The van der Waals surface area contributed by atoms with E-state index in [1.54, 1.807) is 7.05 Å². The van der Waals surface area contributed by atoms with Gasteiger partial charge in [-0.05, 0) is 86.5 Å². The lowest BCUT2D eigenvalue weighted by Gasteiger charge is -2.32. The molecule has 0 atom stereocenters. The summed E-state index contributed by atoms with van der Waals surface area (Å²) >= 11 is 6.35. The fraction of sp³-hybridized carbons (Fsp3) is 0.519. The van der Waals surface area contributed by atoms with E-state index >= 15 is 0 Å². The van der Waals surface area contributed by atoms with Crippen LogP contribution in [0.2, 0.25) is 5.02 Å². The number of aromatic amines is 1. The molecule has 1 saturated heterocycles. The first-order valence-electron chi connectivity index (χ1n) is 12.3. The zero-order valence-electron chi connectivity index (χ0n) is 20.7. The van der Waals surface area contributed by atoms with Gasteiger partial charge in [0.1, 0.15) is 5.02 Å². The van der Waals surface area contributed by atoms with Gasteiger partial charge in [0.15, 0.2) is 0 Å². The zero-order valence-corrected chi connectivity index (χ0v) is 21.5. The molecule has 190 valence electrons. The highest BCUT2D eigenvalue weighted by molar-refractivity contribution is 6.31. The number of hydrogen-bond acceptors (Lipinski definition) is 2. The van der Waals surface area contributed by atoms with E-state index in [0.717, 1.165) is 48.3 Å². The van der Waals surface area contributed by atoms with Crippen LogP contribution in [0, 0.1) is 6.92 Å². The van der Waals surface area contributed by atoms with Crippen molar-refractivity contribution >= 4 is 22.5 Å². The predicted octanol–water partition coefficient (Wildman–Crippen LogP) is 7.14. The number of aromatic nitrogens is 2. The number of rotatable bonds is 6. The minimum atomic E-state index is -4.07. The Hall–Kier alpha value is -2.25. The number of alkyl halides is 3. The van der Waals surface area contributed by atoms with E-state index in [4.69, 9.17) is 11.6 Å². The molecule has 0 bridgehead atoms. The number of pyridine rings is 1. The van der Waals surface area contributed by atoms with Crippen molar-refractivity contribution in [3.05, 3.63) is 56.5 Å². The van der Waals surface area contributed by atoms with Gasteiger partial charge in [0.2, 0.25) is 0 Å². The molecule has 0 spiro atoms. The predicted molar refractivity (Wildman–Crippen MR) is 137 cm³/mol. The van der Waals surface area contributed by atoms with E-state index in [2.05, 4.69) is 41.9 Å². The molecule has 1 fully saturated rings. The summed E-state index contributed by atoms with van der Waals surface area (Å²) in [5, 5.41) is 1.41. The van der Waals surface area contributed by atoms with Crippen LogP contribution in [-0.4, -0.2) is 40.3 Å². The Morgan fingerprint density at radius 3 is 2.51 bits per heavy atom. The number of likely N-dealkylation sites (tertiary alicyclic amines) is 1. The Kier molecular flexibility index (Phi) is 7.39. The maximum atomic E-state index is 12.5. The molecule has 4 nitrogen and oxygen atoms in total. The molecule has 0 unspecified atom stereocenters. The lowest BCUT2D eigenvalue weighted by atomic mass is 9.87. The van der Waals surface area contributed by atoms with Crippen molar-refractivity contribution in [2.75, 3.05) is 19.6 Å². The average molecular weight is 508 g/mol. The van der Waals surface area contributed by atoms with Crippen LogP contribution in [0.25, 0.3) is 22.2 Å². The molecule has 0 radical (unpaired) electrons. The number of nitrogens with zero attached hydrogens (tertiary/aromatic N) is 2. The molecular formula is C27H33ClF3N3O. The summed E-state index contributed by atoms with van der Waals surface area (Å²) in [6.07, 6.45) is -0.885. The Balaban J connectivity index is 1.60. The van der Waals surface area contributed by atoms with Gasteiger partial charge in [0.25, 0.3) is 5.56 Å². The van der Waals surface area contributed by atoms with Crippen molar-refractivity contribution in [1.82, 2.24) is 14.5 Å². The molecular weight excluding hydrogens is 475 g/mol. The molecule has 1 aromatic carbocycles. The van der Waals surface area contributed by atoms with E-state index in [-0.39, 0.29) is 22.9 Å². The van der Waals surface area contributed by atoms with Crippen molar-refractivity contribution < 1.29 is 13.2 Å². The van der Waals surface area contributed by atoms with Gasteiger partial charge < -0.3 is 14.5 Å². The second-order valence-corrected chi connectivity index (χ2v) is 10.5. The van der Waals surface area contributed by atoms with Crippen molar-refractivity contribution in [2.45, 2.75) is 64.5 Å². The fourth-order valence-electron chi connectivity index (χ4n) is 5.32. The third-order valence-electron chi connectivity index (χ3n) is 7.27. The molecule has 3 heterocycles. The van der Waals surface area contributed by atoms with E-state index in [1.807, 2.05) is 13.1 Å². The monoisotopic (exact) mass is 507 g/mol. The minimum absolute atomic E-state index is 0.165. The zero-order chi connectivity index (χ0) is 25.5. The summed E-state index contributed by atoms with van der Waals surface area (Å²) in [6.45, 7) is 8.36. The molecule has 0 amide bonds. The highest BCUT2D eigenvalue weighted by Gasteiger charge is 2.28. The number of fused-ring (bicyclic) bond motifs is 1. The summed E-state index contributed by atoms with van der Waals surface area (Å²) in [4.78, 5) is 18.0. The third kappa shape index (κ3) is 5.46. The average Bonchev–Trinajstić information content (AvgIpc) is 3.18. The van der Waals surface area contributed by atoms with Gasteiger partial charge in [-0.3, -0.25) is 4.79 Å². The molecule has 4 rings (SSSR count). The van der Waals surface area contributed by atoms with Gasteiger partial charge >= 0.3 is 6.18 Å². The van der Waals surface area contributed by atoms with Crippen LogP contribution in [-0.2, 0) is 7.05 Å². The molecule has 2 aromatic heterocycles. The van der Waals surface area contributed by atoms with Gasteiger partial charge in [0, 0.05) is 36.1 Å². The molecule has 0 saturated carbocycles. The summed E-state index contributed by atoms with van der Waals surface area (Å²) < 4.78 is 38.9. The fourth-order valence-corrected chi connectivity index (χ4v) is 5.56. The van der Waals surface area contributed by atoms with Gasteiger partial charge in [0.05, 0.1) is 5.69 Å². The molecule has 0 aliphatic carbocycles. The molecule has 8 heteroatoms. The van der Waals surface area contributed by atoms with Crippen LogP contribution in [0.1, 0.15) is 68.1 Å². The Morgan fingerprint density at radius 2 is 1.89 bits per heavy atom. The Labute approximate surface area is 209 Å². The molecule has 35 heavy (non-hydrogen) atoms. The Bertz CT molecular complexity index is 1270. The highest BCUT2D eigenvalue weighted by atomic mass is 35.5. The number of benzene rings is 1. The summed E-state index contributed by atoms with van der Waals surface area (Å²) in [7, 11) is 1.71. The first kappa shape index (κ1) is 25.8. The normalized spacial score (nSPS) is 16.0. The largest absolute Gasteiger partial charge is 0.389 e. The molecule has 1 aliphatic heterocycles. The number of aryl methyl sites for hydroxylation is 1. The quantitative estimate of drug-likeness (QED) is 0.385. The summed E-state index contributed by atoms with van der Waals surface area (Å²) in [5.41, 5.74) is 5.98. The Morgan fingerprint density at radius 1 is 1.20 bits per heavy atom. The first-order valence-corrected chi connectivity index (χ1v) is 12.6. The summed E-state index contributed by atoms with van der Waals surface area (Å²) in [6, 6.07) is 6.56. The van der Waals surface area contributed by atoms with Crippen molar-refractivity contribution in [1.29, 1.82) is 0 Å². The number of H-pyrrole nitrogens is 1. The maximum Gasteiger partial charge on any atom is 0.389 e. The van der Waals surface area contributed by atoms with Gasteiger partial charge in [-0.1, -0.05) is 31.5 Å². The number of hydrogen-bond donors (Lipinski definition) is 1. The van der Waals surface area contributed by atoms with Crippen molar-refractivity contribution in [3.63, 3.8) is 0 Å². The topological polar surface area (TPSA) is 41.0 Å². The minimum Gasteiger partial charge on any atom is -0.354 e. The smallest absolute Gasteiger partial charge is 0.354 e. The van der Waals surface area contributed by atoms with E-state index in [9.17, 15) is 18.0 Å².